The van der Waals surface area contributed by atoms with Crippen LogP contribution >= 0.6 is 0 Å². The molecule has 0 spiro atoms. The second-order valence-electron chi connectivity index (χ2n) is 8.15. The molecule has 27 heavy (non-hydrogen) atoms. The average molecular weight is 373 g/mol. The third kappa shape index (κ3) is 5.91. The fourth-order valence-corrected chi connectivity index (χ4v) is 3.92. The number of hydrogen-bond acceptors (Lipinski definition) is 3. The van der Waals surface area contributed by atoms with Gasteiger partial charge in [-0.05, 0) is 44.2 Å². The number of nitrogens with zero attached hydrogens (tertiary/aromatic N) is 2. The number of rotatable bonds is 7. The van der Waals surface area contributed by atoms with Crippen LogP contribution in [0.15, 0.2) is 30.3 Å². The molecule has 0 bridgehead atoms. The van der Waals surface area contributed by atoms with E-state index in [2.05, 4.69) is 63.8 Å². The minimum Gasteiger partial charge on any atom is -0.385 e. The summed E-state index contributed by atoms with van der Waals surface area (Å²) in [5.74, 6) is 0.441. The summed E-state index contributed by atoms with van der Waals surface area (Å²) in [7, 11) is 1.75. The number of allylic oxidation sites excluding steroid dienone is 1. The van der Waals surface area contributed by atoms with E-state index >= 15 is 0 Å². The van der Waals surface area contributed by atoms with Crippen molar-refractivity contribution in [2.75, 3.05) is 33.4 Å². The minimum atomic E-state index is 0.134. The van der Waals surface area contributed by atoms with Gasteiger partial charge in [-0.3, -0.25) is 9.69 Å². The Kier molecular flexibility index (Phi) is 8.06. The molecule has 0 aliphatic carbocycles. The van der Waals surface area contributed by atoms with Crippen molar-refractivity contribution in [1.82, 2.24) is 9.80 Å². The highest BCUT2D eigenvalue weighted by molar-refractivity contribution is 5.95. The Morgan fingerprint density at radius 2 is 1.78 bits per heavy atom. The molecule has 0 radical (unpaired) electrons. The van der Waals surface area contributed by atoms with Gasteiger partial charge in [-0.2, -0.15) is 0 Å². The van der Waals surface area contributed by atoms with Crippen LogP contribution in [0.2, 0.25) is 0 Å². The molecule has 0 N–H and O–H groups in total. The van der Waals surface area contributed by atoms with Gasteiger partial charge in [0, 0.05) is 51.5 Å². The van der Waals surface area contributed by atoms with Crippen molar-refractivity contribution < 1.29 is 9.53 Å². The van der Waals surface area contributed by atoms with E-state index in [1.165, 1.54) is 5.56 Å². The zero-order valence-electron chi connectivity index (χ0n) is 17.9. The van der Waals surface area contributed by atoms with Crippen LogP contribution < -0.4 is 0 Å². The second kappa shape index (κ2) is 10.0. The molecular formula is C23H36N2O2. The predicted molar refractivity (Wildman–Crippen MR) is 113 cm³/mol. The van der Waals surface area contributed by atoms with Crippen LogP contribution in [0.3, 0.4) is 0 Å². The maximum absolute atomic E-state index is 13.0. The Hall–Kier alpha value is -1.65. The number of piperazine rings is 1. The molecule has 4 nitrogen and oxygen atoms in total. The lowest BCUT2D eigenvalue weighted by molar-refractivity contribution is -0.130. The summed E-state index contributed by atoms with van der Waals surface area (Å²) in [5, 5.41) is 0. The summed E-state index contributed by atoms with van der Waals surface area (Å²) in [6, 6.07) is 9.19. The van der Waals surface area contributed by atoms with Crippen LogP contribution in [0, 0.1) is 12.8 Å². The number of amides is 1. The fraction of sp³-hybridized carbons (Fsp3) is 0.609. The highest BCUT2D eigenvalue weighted by Gasteiger charge is 2.31. The van der Waals surface area contributed by atoms with E-state index in [-0.39, 0.29) is 5.91 Å². The van der Waals surface area contributed by atoms with Gasteiger partial charge in [0.05, 0.1) is 0 Å². The number of carbonyl (C=O) groups excluding carboxylic acids is 1. The van der Waals surface area contributed by atoms with E-state index in [0.29, 0.717) is 18.0 Å². The highest BCUT2D eigenvalue weighted by Crippen LogP contribution is 2.25. The summed E-state index contributed by atoms with van der Waals surface area (Å²) in [4.78, 5) is 17.5. The largest absolute Gasteiger partial charge is 0.385 e. The van der Waals surface area contributed by atoms with Crippen molar-refractivity contribution in [3.63, 3.8) is 0 Å². The molecule has 2 unspecified atom stereocenters. The normalized spacial score (nSPS) is 21.7. The van der Waals surface area contributed by atoms with Crippen LogP contribution in [-0.2, 0) is 9.53 Å². The zero-order valence-corrected chi connectivity index (χ0v) is 17.9. The maximum Gasteiger partial charge on any atom is 0.246 e. The van der Waals surface area contributed by atoms with Crippen molar-refractivity contribution in [1.29, 1.82) is 0 Å². The lowest BCUT2D eigenvalue weighted by Gasteiger charge is -2.44. The third-order valence-electron chi connectivity index (χ3n) is 5.46. The van der Waals surface area contributed by atoms with Crippen molar-refractivity contribution >= 4 is 11.5 Å². The van der Waals surface area contributed by atoms with E-state index in [1.807, 2.05) is 11.0 Å². The third-order valence-corrected chi connectivity index (χ3v) is 5.46. The topological polar surface area (TPSA) is 32.8 Å². The first-order valence-electron chi connectivity index (χ1n) is 10.2. The molecule has 1 saturated heterocycles. The van der Waals surface area contributed by atoms with Crippen LogP contribution in [0.5, 0.6) is 0 Å². The number of benzene rings is 1. The van der Waals surface area contributed by atoms with Gasteiger partial charge in [0.2, 0.25) is 5.91 Å². The molecule has 0 saturated carbocycles. The van der Waals surface area contributed by atoms with Gasteiger partial charge in [-0.25, -0.2) is 0 Å². The molecule has 1 aromatic rings. The van der Waals surface area contributed by atoms with Gasteiger partial charge in [0.25, 0.3) is 0 Å². The lowest BCUT2D eigenvalue weighted by atomic mass is 9.94. The van der Waals surface area contributed by atoms with Crippen molar-refractivity contribution in [3.05, 3.63) is 41.5 Å². The molecular weight excluding hydrogens is 336 g/mol. The number of hydrogen-bond donors (Lipinski definition) is 0. The predicted octanol–water partition coefficient (Wildman–Crippen LogP) is 3.99. The number of carbonyl (C=O) groups is 1. The van der Waals surface area contributed by atoms with Crippen molar-refractivity contribution in [3.8, 4) is 0 Å². The Morgan fingerprint density at radius 3 is 2.30 bits per heavy atom. The standard InChI is InChI=1S/C23H36N2O2/c1-17(2)22(21-10-8-18(3)9-11-21)14-23(26)24-15-19(4)25(20(5)16-24)12-7-13-27-6/h8-11,14,17,19-20H,7,12-13,15-16H2,1-6H3/b22-14+. The van der Waals surface area contributed by atoms with Crippen molar-refractivity contribution in [2.45, 2.75) is 53.1 Å². The van der Waals surface area contributed by atoms with Gasteiger partial charge in [0.15, 0.2) is 0 Å². The highest BCUT2D eigenvalue weighted by atomic mass is 16.5. The smallest absolute Gasteiger partial charge is 0.246 e. The second-order valence-corrected chi connectivity index (χ2v) is 8.15. The molecule has 1 amide bonds. The van der Waals surface area contributed by atoms with Crippen LogP contribution in [0.25, 0.3) is 5.57 Å². The molecule has 0 aromatic heterocycles. The Labute approximate surface area is 165 Å². The van der Waals surface area contributed by atoms with Gasteiger partial charge >= 0.3 is 0 Å². The maximum atomic E-state index is 13.0. The van der Waals surface area contributed by atoms with E-state index in [9.17, 15) is 4.79 Å². The first kappa shape index (κ1) is 21.6. The summed E-state index contributed by atoms with van der Waals surface area (Å²) < 4.78 is 5.18. The molecule has 2 rings (SSSR count). The number of methoxy groups -OCH3 is 1. The van der Waals surface area contributed by atoms with E-state index in [4.69, 9.17) is 4.74 Å². The first-order chi connectivity index (χ1) is 12.8. The van der Waals surface area contributed by atoms with E-state index in [1.54, 1.807) is 7.11 Å². The number of aryl methyl sites for hydroxylation is 1. The monoisotopic (exact) mass is 372 g/mol. The molecule has 4 heteroatoms. The fourth-order valence-electron chi connectivity index (χ4n) is 3.92. The van der Waals surface area contributed by atoms with Crippen LogP contribution in [0.4, 0.5) is 0 Å². The molecule has 1 aliphatic heterocycles. The summed E-state index contributed by atoms with van der Waals surface area (Å²) in [6.45, 7) is 14.2. The SMILES string of the molecule is COCCCN1C(C)CN(C(=O)/C=C(/c2ccc(C)cc2)C(C)C)CC1C. The van der Waals surface area contributed by atoms with Gasteiger partial charge in [-0.1, -0.05) is 43.7 Å². The average Bonchev–Trinajstić information content (AvgIpc) is 2.62. The molecule has 1 aromatic carbocycles. The Balaban J connectivity index is 2.09. The number of ether oxygens (including phenoxy) is 1. The Bertz CT molecular complexity index is 624. The molecule has 2 atom stereocenters. The zero-order chi connectivity index (χ0) is 20.0. The van der Waals surface area contributed by atoms with Gasteiger partial charge in [0.1, 0.15) is 0 Å². The summed E-state index contributed by atoms with van der Waals surface area (Å²) in [6.07, 6.45) is 2.89. The molecule has 1 heterocycles. The minimum absolute atomic E-state index is 0.134. The van der Waals surface area contributed by atoms with Gasteiger partial charge < -0.3 is 9.64 Å². The quantitative estimate of drug-likeness (QED) is 0.536. The van der Waals surface area contributed by atoms with E-state index < -0.39 is 0 Å². The molecule has 1 aliphatic rings. The summed E-state index contributed by atoms with van der Waals surface area (Å²) >= 11 is 0. The van der Waals surface area contributed by atoms with Crippen molar-refractivity contribution in [2.24, 2.45) is 5.92 Å². The first-order valence-corrected chi connectivity index (χ1v) is 10.2. The van der Waals surface area contributed by atoms with E-state index in [0.717, 1.165) is 43.8 Å². The van der Waals surface area contributed by atoms with Crippen LogP contribution in [0.1, 0.15) is 45.2 Å². The van der Waals surface area contributed by atoms with Gasteiger partial charge in [-0.15, -0.1) is 0 Å². The summed E-state index contributed by atoms with van der Waals surface area (Å²) in [5.41, 5.74) is 3.49. The Morgan fingerprint density at radius 1 is 1.19 bits per heavy atom. The molecule has 1 fully saturated rings. The lowest BCUT2D eigenvalue weighted by Crippen LogP contribution is -2.58. The molecule has 150 valence electrons. The van der Waals surface area contributed by atoms with Crippen LogP contribution in [-0.4, -0.2) is 61.1 Å².